The Morgan fingerprint density at radius 3 is 2.84 bits per heavy atom. The van der Waals surface area contributed by atoms with Gasteiger partial charge >= 0.3 is 0 Å². The van der Waals surface area contributed by atoms with Crippen LogP contribution in [-0.4, -0.2) is 58.9 Å². The second-order valence-corrected chi connectivity index (χ2v) is 7.89. The van der Waals surface area contributed by atoms with Gasteiger partial charge in [-0.05, 0) is 19.1 Å². The zero-order chi connectivity index (χ0) is 18.7. The van der Waals surface area contributed by atoms with Crippen molar-refractivity contribution in [2.24, 2.45) is 0 Å². The maximum Gasteiger partial charge on any atom is 0.223 e. The van der Waals surface area contributed by atoms with Gasteiger partial charge in [0.15, 0.2) is 5.78 Å². The SMILES string of the molecule is C=C1CSCC(COCCN(C=CC=C(C#N)C(C)=O)C(C)=O)SC1. The summed E-state index contributed by atoms with van der Waals surface area (Å²) in [4.78, 5) is 24.3. The van der Waals surface area contributed by atoms with Gasteiger partial charge in [-0.15, -0.1) is 0 Å². The molecule has 1 rings (SSSR count). The fraction of sp³-hybridized carbons (Fsp3) is 0.500. The van der Waals surface area contributed by atoms with Gasteiger partial charge in [-0.25, -0.2) is 0 Å². The van der Waals surface area contributed by atoms with E-state index in [1.54, 1.807) is 6.20 Å². The molecule has 1 saturated heterocycles. The molecule has 0 aromatic rings. The molecule has 0 radical (unpaired) electrons. The molecule has 1 amide bonds. The molecule has 136 valence electrons. The predicted molar refractivity (Wildman–Crippen MR) is 104 cm³/mol. The van der Waals surface area contributed by atoms with Gasteiger partial charge in [-0.2, -0.15) is 28.8 Å². The molecule has 0 bridgehead atoms. The van der Waals surface area contributed by atoms with E-state index in [1.807, 2.05) is 29.6 Å². The van der Waals surface area contributed by atoms with Crippen molar-refractivity contribution in [2.75, 3.05) is 37.0 Å². The summed E-state index contributed by atoms with van der Waals surface area (Å²) in [5.41, 5.74) is 1.32. The van der Waals surface area contributed by atoms with E-state index in [4.69, 9.17) is 10.00 Å². The number of carbonyl (C=O) groups excluding carboxylic acids is 2. The summed E-state index contributed by atoms with van der Waals surface area (Å²) in [6, 6.07) is 1.82. The summed E-state index contributed by atoms with van der Waals surface area (Å²) in [5.74, 6) is 2.63. The molecule has 0 aliphatic carbocycles. The highest BCUT2D eigenvalue weighted by molar-refractivity contribution is 8.04. The lowest BCUT2D eigenvalue weighted by atomic mass is 10.2. The van der Waals surface area contributed by atoms with E-state index in [0.29, 0.717) is 25.0 Å². The molecule has 1 aliphatic heterocycles. The fourth-order valence-electron chi connectivity index (χ4n) is 1.95. The number of nitrogens with zero attached hydrogens (tertiary/aromatic N) is 2. The van der Waals surface area contributed by atoms with Crippen LogP contribution < -0.4 is 0 Å². The van der Waals surface area contributed by atoms with E-state index in [1.165, 1.54) is 36.5 Å². The topological polar surface area (TPSA) is 70.4 Å². The minimum absolute atomic E-state index is 0.0560. The summed E-state index contributed by atoms with van der Waals surface area (Å²) >= 11 is 3.75. The third-order valence-corrected chi connectivity index (χ3v) is 6.16. The van der Waals surface area contributed by atoms with Gasteiger partial charge in [-0.1, -0.05) is 12.2 Å². The number of thioether (sulfide) groups is 2. The first kappa shape index (κ1) is 21.6. The highest BCUT2D eigenvalue weighted by Crippen LogP contribution is 2.25. The van der Waals surface area contributed by atoms with E-state index in [0.717, 1.165) is 17.3 Å². The van der Waals surface area contributed by atoms with Crippen molar-refractivity contribution in [1.29, 1.82) is 5.26 Å². The maximum absolute atomic E-state index is 11.6. The number of nitriles is 1. The van der Waals surface area contributed by atoms with Gasteiger partial charge < -0.3 is 9.64 Å². The first-order valence-corrected chi connectivity index (χ1v) is 10.1. The first-order chi connectivity index (χ1) is 11.9. The molecular weight excluding hydrogens is 356 g/mol. The van der Waals surface area contributed by atoms with Gasteiger partial charge in [0.2, 0.25) is 5.91 Å². The molecule has 5 nitrogen and oxygen atoms in total. The summed E-state index contributed by atoms with van der Waals surface area (Å²) in [5, 5.41) is 9.27. The lowest BCUT2D eigenvalue weighted by Gasteiger charge is -2.18. The van der Waals surface area contributed by atoms with Crippen LogP contribution in [0.15, 0.2) is 36.1 Å². The van der Waals surface area contributed by atoms with Gasteiger partial charge in [0.05, 0.1) is 18.8 Å². The molecule has 0 aromatic heterocycles. The smallest absolute Gasteiger partial charge is 0.223 e. The van der Waals surface area contributed by atoms with Gasteiger partial charge in [0.25, 0.3) is 0 Å². The zero-order valence-electron chi connectivity index (χ0n) is 14.7. The Hall–Kier alpha value is -1.49. The number of Topliss-reactive ketones (excluding diaryl/α,β-unsaturated/α-hetero) is 1. The number of hydrogen-bond acceptors (Lipinski definition) is 6. The Kier molecular flexibility index (Phi) is 10.3. The Morgan fingerprint density at radius 1 is 1.44 bits per heavy atom. The molecule has 1 fully saturated rings. The summed E-state index contributed by atoms with van der Waals surface area (Å²) in [6.45, 7) is 8.35. The van der Waals surface area contributed by atoms with E-state index in [-0.39, 0.29) is 17.3 Å². The second-order valence-electron chi connectivity index (χ2n) is 5.58. The largest absolute Gasteiger partial charge is 0.378 e. The van der Waals surface area contributed by atoms with Crippen LogP contribution >= 0.6 is 23.5 Å². The Labute approximate surface area is 158 Å². The van der Waals surface area contributed by atoms with Crippen LogP contribution in [0.3, 0.4) is 0 Å². The summed E-state index contributed by atoms with van der Waals surface area (Å²) in [6.07, 6.45) is 4.50. The Bertz CT molecular complexity index is 594. The summed E-state index contributed by atoms with van der Waals surface area (Å²) < 4.78 is 5.72. The molecule has 1 atom stereocenters. The van der Waals surface area contributed by atoms with Crippen LogP contribution in [-0.2, 0) is 14.3 Å². The number of amides is 1. The van der Waals surface area contributed by atoms with Crippen LogP contribution in [0.1, 0.15) is 13.8 Å². The molecule has 0 saturated carbocycles. The molecule has 1 heterocycles. The highest BCUT2D eigenvalue weighted by Gasteiger charge is 2.15. The van der Waals surface area contributed by atoms with Crippen LogP contribution in [0.4, 0.5) is 0 Å². The van der Waals surface area contributed by atoms with E-state index in [2.05, 4.69) is 6.58 Å². The molecule has 0 N–H and O–H groups in total. The average molecular weight is 381 g/mol. The molecule has 1 aliphatic rings. The number of hydrogen-bond donors (Lipinski definition) is 0. The number of ether oxygens (including phenoxy) is 1. The van der Waals surface area contributed by atoms with Crippen LogP contribution in [0.2, 0.25) is 0 Å². The molecule has 7 heteroatoms. The van der Waals surface area contributed by atoms with Crippen LogP contribution in [0.5, 0.6) is 0 Å². The molecule has 1 unspecified atom stereocenters. The van der Waals surface area contributed by atoms with Crippen molar-refractivity contribution in [3.8, 4) is 6.07 Å². The first-order valence-electron chi connectivity index (χ1n) is 7.94. The Balaban J connectivity index is 2.40. The van der Waals surface area contributed by atoms with Crippen molar-refractivity contribution < 1.29 is 14.3 Å². The number of ketones is 1. The van der Waals surface area contributed by atoms with Gasteiger partial charge in [0, 0.05) is 42.2 Å². The van der Waals surface area contributed by atoms with Crippen LogP contribution in [0, 0.1) is 11.3 Å². The highest BCUT2D eigenvalue weighted by atomic mass is 32.2. The van der Waals surface area contributed by atoms with Gasteiger partial charge in [-0.3, -0.25) is 9.59 Å². The minimum Gasteiger partial charge on any atom is -0.378 e. The Morgan fingerprint density at radius 2 is 2.20 bits per heavy atom. The van der Waals surface area contributed by atoms with Crippen molar-refractivity contribution in [3.05, 3.63) is 36.1 Å². The van der Waals surface area contributed by atoms with Crippen molar-refractivity contribution >= 4 is 35.2 Å². The van der Waals surface area contributed by atoms with Crippen molar-refractivity contribution in [3.63, 3.8) is 0 Å². The van der Waals surface area contributed by atoms with E-state index >= 15 is 0 Å². The predicted octanol–water partition coefficient (Wildman–Crippen LogP) is 2.81. The molecular formula is C18H24N2O3S2. The van der Waals surface area contributed by atoms with Gasteiger partial charge in [0.1, 0.15) is 6.07 Å². The second kappa shape index (κ2) is 12.0. The average Bonchev–Trinajstić information content (AvgIpc) is 2.77. The lowest BCUT2D eigenvalue weighted by molar-refractivity contribution is -0.126. The number of carbonyl (C=O) groups is 2. The van der Waals surface area contributed by atoms with Crippen molar-refractivity contribution in [2.45, 2.75) is 19.1 Å². The third-order valence-electron chi connectivity index (χ3n) is 3.35. The molecule has 25 heavy (non-hydrogen) atoms. The quantitative estimate of drug-likeness (QED) is 0.212. The van der Waals surface area contributed by atoms with Crippen molar-refractivity contribution in [1.82, 2.24) is 4.90 Å². The molecule has 0 spiro atoms. The number of rotatable bonds is 8. The third kappa shape index (κ3) is 8.96. The van der Waals surface area contributed by atoms with Crippen LogP contribution in [0.25, 0.3) is 0 Å². The van der Waals surface area contributed by atoms with E-state index in [9.17, 15) is 9.59 Å². The number of allylic oxidation sites excluding steroid dienone is 3. The monoisotopic (exact) mass is 380 g/mol. The standard InChI is InChI=1S/C18H24N2O3S2/c1-14-11-24-13-18(25-12-14)10-23-8-7-20(16(3)22)6-4-5-17(9-19)15(2)21/h4-6,18H,1,7-8,10-13H2,2-3H3. The fourth-order valence-corrected chi connectivity index (χ4v) is 4.38. The summed E-state index contributed by atoms with van der Waals surface area (Å²) in [7, 11) is 0. The maximum atomic E-state index is 11.6. The molecule has 0 aromatic carbocycles. The lowest BCUT2D eigenvalue weighted by Crippen LogP contribution is -2.28. The minimum atomic E-state index is -0.300. The van der Waals surface area contributed by atoms with E-state index < -0.39 is 0 Å². The normalized spacial score (nSPS) is 18.7. The zero-order valence-corrected chi connectivity index (χ0v) is 16.3.